The van der Waals surface area contributed by atoms with Crippen molar-refractivity contribution >= 4 is 10.0 Å². The zero-order chi connectivity index (χ0) is 13.1. The molecule has 3 N–H and O–H groups in total. The smallest absolute Gasteiger partial charge is 0.242 e. The van der Waals surface area contributed by atoms with Gasteiger partial charge in [-0.15, -0.1) is 0 Å². The maximum absolute atomic E-state index is 12.0. The molecule has 0 fully saturated rings. The molecule has 0 aliphatic rings. The zero-order valence-corrected chi connectivity index (χ0v) is 10.6. The molecule has 1 aromatic rings. The number of aryl methyl sites for hydroxylation is 1. The molecule has 0 aliphatic heterocycles. The number of sulfonamides is 1. The second kappa shape index (κ2) is 5.27. The molecular formula is C11H15N3O2S. The summed E-state index contributed by atoms with van der Waals surface area (Å²) in [4.78, 5) is 0.000278. The van der Waals surface area contributed by atoms with Gasteiger partial charge in [0.15, 0.2) is 0 Å². The van der Waals surface area contributed by atoms with Crippen molar-refractivity contribution < 1.29 is 8.42 Å². The largest absolute Gasteiger partial charge is 0.329 e. The van der Waals surface area contributed by atoms with E-state index in [1.54, 1.807) is 26.0 Å². The molecule has 0 unspecified atom stereocenters. The Morgan fingerprint density at radius 2 is 2.18 bits per heavy atom. The van der Waals surface area contributed by atoms with E-state index in [9.17, 15) is 8.42 Å². The second-order valence-corrected chi connectivity index (χ2v) is 5.50. The van der Waals surface area contributed by atoms with Crippen LogP contribution in [0.1, 0.15) is 18.1 Å². The van der Waals surface area contributed by atoms with Crippen LogP contribution in [0, 0.1) is 18.3 Å². The summed E-state index contributed by atoms with van der Waals surface area (Å²) >= 11 is 0. The molecule has 0 radical (unpaired) electrons. The van der Waals surface area contributed by atoms with Gasteiger partial charge in [0.2, 0.25) is 10.0 Å². The first-order valence-corrected chi connectivity index (χ1v) is 6.62. The normalized spacial score (nSPS) is 13.1. The van der Waals surface area contributed by atoms with Crippen molar-refractivity contribution in [2.24, 2.45) is 5.73 Å². The third-order valence-corrected chi connectivity index (χ3v) is 3.98. The van der Waals surface area contributed by atoms with Gasteiger partial charge in [0, 0.05) is 12.6 Å². The standard InChI is InChI=1S/C11H15N3O2S/c1-8-4-3-5-11(10(8)7-13)17(15,16)14-9(2)6-12/h3-5,9,14H,6,12H2,1-2H3/t9-/m0/s1. The van der Waals surface area contributed by atoms with Crippen LogP contribution < -0.4 is 10.5 Å². The van der Waals surface area contributed by atoms with E-state index in [1.165, 1.54) is 6.07 Å². The van der Waals surface area contributed by atoms with Crippen molar-refractivity contribution in [3.63, 3.8) is 0 Å². The van der Waals surface area contributed by atoms with Crippen LogP contribution in [0.4, 0.5) is 0 Å². The summed E-state index contributed by atoms with van der Waals surface area (Å²) in [5.41, 5.74) is 6.17. The monoisotopic (exact) mass is 253 g/mol. The van der Waals surface area contributed by atoms with Crippen molar-refractivity contribution in [2.45, 2.75) is 24.8 Å². The molecule has 0 aliphatic carbocycles. The molecule has 0 saturated heterocycles. The Labute approximate surface area is 101 Å². The lowest BCUT2D eigenvalue weighted by atomic mass is 10.1. The third-order valence-electron chi connectivity index (χ3n) is 2.35. The average Bonchev–Trinajstić information content (AvgIpc) is 2.28. The highest BCUT2D eigenvalue weighted by atomic mass is 32.2. The van der Waals surface area contributed by atoms with Gasteiger partial charge >= 0.3 is 0 Å². The predicted octanol–water partition coefficient (Wildman–Crippen LogP) is 0.492. The molecule has 1 rings (SSSR count). The Morgan fingerprint density at radius 3 is 2.71 bits per heavy atom. The average molecular weight is 253 g/mol. The van der Waals surface area contributed by atoms with E-state index in [-0.39, 0.29) is 23.0 Å². The summed E-state index contributed by atoms with van der Waals surface area (Å²) in [5, 5.41) is 8.99. The molecular weight excluding hydrogens is 238 g/mol. The van der Waals surface area contributed by atoms with Crippen molar-refractivity contribution in [1.29, 1.82) is 5.26 Å². The Kier molecular flexibility index (Phi) is 4.23. The van der Waals surface area contributed by atoms with E-state index in [0.717, 1.165) is 0 Å². The van der Waals surface area contributed by atoms with Crippen LogP contribution in [0.15, 0.2) is 23.1 Å². The zero-order valence-electron chi connectivity index (χ0n) is 9.77. The topological polar surface area (TPSA) is 96.0 Å². The summed E-state index contributed by atoms with van der Waals surface area (Å²) in [6.07, 6.45) is 0. The van der Waals surface area contributed by atoms with Crippen LogP contribution in [0.3, 0.4) is 0 Å². The SMILES string of the molecule is Cc1cccc(S(=O)(=O)N[C@@H](C)CN)c1C#N. The second-order valence-electron chi connectivity index (χ2n) is 3.82. The summed E-state index contributed by atoms with van der Waals surface area (Å²) < 4.78 is 26.5. The number of nitrogens with zero attached hydrogens (tertiary/aromatic N) is 1. The van der Waals surface area contributed by atoms with Gasteiger partial charge in [-0.1, -0.05) is 12.1 Å². The first-order chi connectivity index (χ1) is 7.92. The molecule has 0 aromatic heterocycles. The molecule has 0 bridgehead atoms. The van der Waals surface area contributed by atoms with Crippen LogP contribution in [0.2, 0.25) is 0 Å². The number of nitrogens with two attached hydrogens (primary N) is 1. The third kappa shape index (κ3) is 3.03. The van der Waals surface area contributed by atoms with Crippen LogP contribution in [-0.2, 0) is 10.0 Å². The molecule has 0 heterocycles. The highest BCUT2D eigenvalue weighted by Crippen LogP contribution is 2.18. The molecule has 17 heavy (non-hydrogen) atoms. The lowest BCUT2D eigenvalue weighted by molar-refractivity contribution is 0.562. The Morgan fingerprint density at radius 1 is 1.53 bits per heavy atom. The van der Waals surface area contributed by atoms with Crippen LogP contribution in [0.5, 0.6) is 0 Å². The highest BCUT2D eigenvalue weighted by molar-refractivity contribution is 7.89. The lowest BCUT2D eigenvalue weighted by Crippen LogP contribution is -2.38. The van der Waals surface area contributed by atoms with Gasteiger partial charge in [0.1, 0.15) is 11.0 Å². The Balaban J connectivity index is 3.26. The predicted molar refractivity (Wildman–Crippen MR) is 64.7 cm³/mol. The van der Waals surface area contributed by atoms with Gasteiger partial charge in [-0.3, -0.25) is 0 Å². The number of hydrogen-bond acceptors (Lipinski definition) is 4. The number of nitrogens with one attached hydrogen (secondary N) is 1. The van der Waals surface area contributed by atoms with Gasteiger partial charge < -0.3 is 5.73 Å². The Bertz CT molecular complexity index is 546. The van der Waals surface area contributed by atoms with Crippen molar-refractivity contribution in [1.82, 2.24) is 4.72 Å². The van der Waals surface area contributed by atoms with E-state index < -0.39 is 10.0 Å². The maximum atomic E-state index is 12.0. The lowest BCUT2D eigenvalue weighted by Gasteiger charge is -2.13. The summed E-state index contributed by atoms with van der Waals surface area (Å²) in [7, 11) is -3.69. The van der Waals surface area contributed by atoms with Crippen molar-refractivity contribution in [2.75, 3.05) is 6.54 Å². The molecule has 92 valence electrons. The summed E-state index contributed by atoms with van der Waals surface area (Å²) in [6.45, 7) is 3.57. The molecule has 1 atom stereocenters. The van der Waals surface area contributed by atoms with Gasteiger partial charge in [-0.2, -0.15) is 5.26 Å². The first kappa shape index (κ1) is 13.6. The van der Waals surface area contributed by atoms with Crippen molar-refractivity contribution in [3.05, 3.63) is 29.3 Å². The number of nitriles is 1. The number of benzene rings is 1. The van der Waals surface area contributed by atoms with E-state index in [0.29, 0.717) is 5.56 Å². The summed E-state index contributed by atoms with van der Waals surface area (Å²) in [5.74, 6) is 0. The van der Waals surface area contributed by atoms with Gasteiger partial charge in [-0.25, -0.2) is 13.1 Å². The minimum atomic E-state index is -3.69. The van der Waals surface area contributed by atoms with Crippen LogP contribution in [-0.4, -0.2) is 21.0 Å². The number of rotatable bonds is 4. The first-order valence-electron chi connectivity index (χ1n) is 5.14. The van der Waals surface area contributed by atoms with Crippen molar-refractivity contribution in [3.8, 4) is 6.07 Å². The fraction of sp³-hybridized carbons (Fsp3) is 0.364. The quantitative estimate of drug-likeness (QED) is 0.816. The van der Waals surface area contributed by atoms with E-state index >= 15 is 0 Å². The molecule has 6 heteroatoms. The molecule has 0 amide bonds. The molecule has 0 spiro atoms. The van der Waals surface area contributed by atoms with E-state index in [2.05, 4.69) is 4.72 Å². The highest BCUT2D eigenvalue weighted by Gasteiger charge is 2.21. The van der Waals surface area contributed by atoms with E-state index in [1.807, 2.05) is 6.07 Å². The summed E-state index contributed by atoms with van der Waals surface area (Å²) in [6, 6.07) is 6.26. The fourth-order valence-electron chi connectivity index (χ4n) is 1.38. The maximum Gasteiger partial charge on any atom is 0.242 e. The minimum absolute atomic E-state index is 0.000278. The van der Waals surface area contributed by atoms with E-state index in [4.69, 9.17) is 11.0 Å². The molecule has 5 nitrogen and oxygen atoms in total. The van der Waals surface area contributed by atoms with Crippen LogP contribution >= 0.6 is 0 Å². The van der Waals surface area contributed by atoms with Gasteiger partial charge in [-0.05, 0) is 25.5 Å². The number of hydrogen-bond donors (Lipinski definition) is 2. The molecule has 1 aromatic carbocycles. The van der Waals surface area contributed by atoms with Gasteiger partial charge in [0.05, 0.1) is 5.56 Å². The van der Waals surface area contributed by atoms with Crippen LogP contribution in [0.25, 0.3) is 0 Å². The fourth-order valence-corrected chi connectivity index (χ4v) is 2.87. The van der Waals surface area contributed by atoms with Gasteiger partial charge in [0.25, 0.3) is 0 Å². The molecule has 0 saturated carbocycles. The minimum Gasteiger partial charge on any atom is -0.329 e. The Hall–Kier alpha value is -1.42.